The highest BCUT2D eigenvalue weighted by atomic mass is 35.5. The van der Waals surface area contributed by atoms with Crippen LogP contribution in [0.4, 0.5) is 5.69 Å². The van der Waals surface area contributed by atoms with Crippen molar-refractivity contribution in [3.8, 4) is 0 Å². The summed E-state index contributed by atoms with van der Waals surface area (Å²) in [5.74, 6) is -0.139. The average Bonchev–Trinajstić information content (AvgIpc) is 3.22. The number of benzodiazepines with no additional fused rings is 1. The molecule has 5 rings (SSSR count). The highest BCUT2D eigenvalue weighted by Crippen LogP contribution is 2.28. The number of H-pyrrole nitrogens is 1. The van der Waals surface area contributed by atoms with Crippen molar-refractivity contribution in [2.24, 2.45) is 4.99 Å². The molecule has 1 atom stereocenters. The summed E-state index contributed by atoms with van der Waals surface area (Å²) < 4.78 is 0. The topological polar surface area (TPSA) is 70.1 Å². The van der Waals surface area contributed by atoms with Crippen LogP contribution in [0.2, 0.25) is 5.02 Å². The van der Waals surface area contributed by atoms with Crippen LogP contribution in [-0.2, 0) is 11.2 Å². The van der Waals surface area contributed by atoms with E-state index in [9.17, 15) is 4.79 Å². The van der Waals surface area contributed by atoms with Crippen molar-refractivity contribution in [3.05, 3.63) is 94.8 Å². The van der Waals surface area contributed by atoms with Crippen LogP contribution in [0.25, 0.3) is 10.8 Å². The normalized spacial score (nSPS) is 16.1. The number of carbonyl (C=O) groups is 1. The molecule has 5 nitrogen and oxygen atoms in total. The van der Waals surface area contributed by atoms with Crippen molar-refractivity contribution in [2.45, 2.75) is 12.5 Å². The number of rotatable bonds is 3. The first kappa shape index (κ1) is 17.6. The molecule has 4 aromatic rings. The second-order valence-corrected chi connectivity index (χ2v) is 7.48. The summed E-state index contributed by atoms with van der Waals surface area (Å²) in [4.78, 5) is 17.8. The van der Waals surface area contributed by atoms with Gasteiger partial charge in [0.1, 0.15) is 6.04 Å². The van der Waals surface area contributed by atoms with Gasteiger partial charge in [0.05, 0.1) is 17.6 Å². The lowest BCUT2D eigenvalue weighted by molar-refractivity contribution is -0.117. The van der Waals surface area contributed by atoms with Crippen LogP contribution < -0.4 is 5.32 Å². The number of nitrogens with zero attached hydrogens (tertiary/aromatic N) is 2. The molecule has 29 heavy (non-hydrogen) atoms. The summed E-state index contributed by atoms with van der Waals surface area (Å²) in [6.07, 6.45) is 3.97. The van der Waals surface area contributed by atoms with Gasteiger partial charge in [-0.15, -0.1) is 0 Å². The molecule has 1 unspecified atom stereocenters. The van der Waals surface area contributed by atoms with Crippen LogP contribution in [0, 0.1) is 0 Å². The molecule has 0 saturated heterocycles. The maximum absolute atomic E-state index is 13.0. The summed E-state index contributed by atoms with van der Waals surface area (Å²) in [6.45, 7) is 0. The molecule has 1 amide bonds. The third kappa shape index (κ3) is 3.41. The largest absolute Gasteiger partial charge is 0.324 e. The minimum absolute atomic E-state index is 0.139. The smallest absolute Gasteiger partial charge is 0.249 e. The maximum atomic E-state index is 13.0. The van der Waals surface area contributed by atoms with Gasteiger partial charge in [0, 0.05) is 28.8 Å². The second-order valence-electron chi connectivity index (χ2n) is 7.05. The van der Waals surface area contributed by atoms with Gasteiger partial charge in [0.15, 0.2) is 0 Å². The van der Waals surface area contributed by atoms with Gasteiger partial charge in [-0.3, -0.25) is 14.9 Å². The van der Waals surface area contributed by atoms with Crippen LogP contribution in [0.15, 0.2) is 78.0 Å². The van der Waals surface area contributed by atoms with Gasteiger partial charge in [0.2, 0.25) is 5.91 Å². The highest BCUT2D eigenvalue weighted by Gasteiger charge is 2.26. The van der Waals surface area contributed by atoms with Crippen LogP contribution in [-0.4, -0.2) is 27.9 Å². The van der Waals surface area contributed by atoms with Gasteiger partial charge in [-0.2, -0.15) is 5.10 Å². The molecule has 1 aromatic heterocycles. The van der Waals surface area contributed by atoms with Crippen molar-refractivity contribution in [3.63, 3.8) is 0 Å². The average molecular weight is 401 g/mol. The minimum Gasteiger partial charge on any atom is -0.324 e. The van der Waals surface area contributed by atoms with Gasteiger partial charge in [0.25, 0.3) is 0 Å². The van der Waals surface area contributed by atoms with Crippen molar-refractivity contribution in [1.29, 1.82) is 0 Å². The fourth-order valence-electron chi connectivity index (χ4n) is 3.66. The lowest BCUT2D eigenvalue weighted by Crippen LogP contribution is -2.27. The number of anilines is 1. The Morgan fingerprint density at radius 3 is 2.69 bits per heavy atom. The van der Waals surface area contributed by atoms with E-state index in [-0.39, 0.29) is 5.91 Å². The highest BCUT2D eigenvalue weighted by molar-refractivity contribution is 6.32. The molecule has 2 heterocycles. The number of halogens is 1. The summed E-state index contributed by atoms with van der Waals surface area (Å²) in [7, 11) is 0. The monoisotopic (exact) mass is 400 g/mol. The van der Waals surface area contributed by atoms with Gasteiger partial charge in [-0.25, -0.2) is 0 Å². The fraction of sp³-hybridized carbons (Fsp3) is 0.0870. The number of benzene rings is 3. The van der Waals surface area contributed by atoms with Crippen LogP contribution in [0.5, 0.6) is 0 Å². The summed E-state index contributed by atoms with van der Waals surface area (Å²) in [5.41, 5.74) is 4.05. The molecule has 1 aliphatic heterocycles. The number of aromatic nitrogens is 2. The summed E-state index contributed by atoms with van der Waals surface area (Å²) in [5, 5.41) is 12.8. The van der Waals surface area contributed by atoms with Gasteiger partial charge < -0.3 is 5.32 Å². The Labute approximate surface area is 172 Å². The van der Waals surface area contributed by atoms with E-state index < -0.39 is 6.04 Å². The second kappa shape index (κ2) is 7.18. The third-order valence-electron chi connectivity index (χ3n) is 5.10. The number of fused-ring (bicyclic) bond motifs is 2. The Hall–Kier alpha value is -3.44. The standard InChI is InChI=1S/C23H17ClN4O/c24-18-7-8-20-19(11-18)22(17-12-25-26-13-17)27-21(23(29)28-20)10-14-5-6-15-3-1-2-4-16(15)9-14/h1-9,11-13,21H,10H2,(H,25,26)(H,28,29). The van der Waals surface area contributed by atoms with E-state index in [1.165, 1.54) is 5.39 Å². The fourth-order valence-corrected chi connectivity index (χ4v) is 3.83. The van der Waals surface area contributed by atoms with E-state index in [1.54, 1.807) is 18.5 Å². The molecule has 6 heteroatoms. The van der Waals surface area contributed by atoms with E-state index in [0.717, 1.165) is 22.1 Å². The van der Waals surface area contributed by atoms with Crippen molar-refractivity contribution >= 4 is 39.7 Å². The van der Waals surface area contributed by atoms with E-state index in [4.69, 9.17) is 16.6 Å². The summed E-state index contributed by atoms with van der Waals surface area (Å²) >= 11 is 6.22. The predicted octanol–water partition coefficient (Wildman–Crippen LogP) is 4.62. The quantitative estimate of drug-likeness (QED) is 0.527. The maximum Gasteiger partial charge on any atom is 0.249 e. The van der Waals surface area contributed by atoms with Crippen LogP contribution in [0.1, 0.15) is 16.7 Å². The molecule has 0 radical (unpaired) electrons. The SMILES string of the molecule is O=C1Nc2ccc(Cl)cc2C(c2cn[nH]c2)=NC1Cc1ccc2ccccc2c1. The molecular weight excluding hydrogens is 384 g/mol. The van der Waals surface area contributed by atoms with E-state index >= 15 is 0 Å². The van der Waals surface area contributed by atoms with Crippen molar-refractivity contribution < 1.29 is 4.79 Å². The molecule has 0 aliphatic carbocycles. The molecule has 0 saturated carbocycles. The summed E-state index contributed by atoms with van der Waals surface area (Å²) in [6, 6.07) is 19.3. The lowest BCUT2D eigenvalue weighted by Gasteiger charge is -2.12. The number of hydrogen-bond donors (Lipinski definition) is 2. The third-order valence-corrected chi connectivity index (χ3v) is 5.33. The molecule has 0 bridgehead atoms. The van der Waals surface area contributed by atoms with E-state index in [0.29, 0.717) is 22.8 Å². The first-order valence-corrected chi connectivity index (χ1v) is 9.70. The molecule has 1 aliphatic rings. The first-order chi connectivity index (χ1) is 14.2. The number of carbonyl (C=O) groups excluding carboxylic acids is 1. The zero-order chi connectivity index (χ0) is 19.8. The number of hydrogen-bond acceptors (Lipinski definition) is 3. The van der Waals surface area contributed by atoms with Gasteiger partial charge in [-0.05, 0) is 34.5 Å². The molecule has 142 valence electrons. The molecule has 0 spiro atoms. The molecule has 3 aromatic carbocycles. The number of amides is 1. The van der Waals surface area contributed by atoms with Crippen molar-refractivity contribution in [1.82, 2.24) is 10.2 Å². The van der Waals surface area contributed by atoms with Gasteiger partial charge >= 0.3 is 0 Å². The lowest BCUT2D eigenvalue weighted by atomic mass is 10.0. The predicted molar refractivity (Wildman–Crippen MR) is 116 cm³/mol. The number of aromatic amines is 1. The first-order valence-electron chi connectivity index (χ1n) is 9.33. The minimum atomic E-state index is -0.563. The molecular formula is C23H17ClN4O. The van der Waals surface area contributed by atoms with Crippen molar-refractivity contribution in [2.75, 3.05) is 5.32 Å². The van der Waals surface area contributed by atoms with E-state index in [1.807, 2.05) is 24.3 Å². The molecule has 0 fully saturated rings. The number of aliphatic imine (C=N–C) groups is 1. The number of nitrogens with one attached hydrogen (secondary N) is 2. The van der Waals surface area contributed by atoms with Gasteiger partial charge in [-0.1, -0.05) is 54.1 Å². The van der Waals surface area contributed by atoms with Crippen LogP contribution >= 0.6 is 11.6 Å². The Kier molecular flexibility index (Phi) is 4.37. The Bertz CT molecular complexity index is 1250. The zero-order valence-electron chi connectivity index (χ0n) is 15.4. The zero-order valence-corrected chi connectivity index (χ0v) is 16.1. The molecule has 2 N–H and O–H groups in total. The Morgan fingerprint density at radius 2 is 1.86 bits per heavy atom. The van der Waals surface area contributed by atoms with E-state index in [2.05, 4.69) is 45.8 Å². The Morgan fingerprint density at radius 1 is 1.00 bits per heavy atom. The Balaban J connectivity index is 1.58. The van der Waals surface area contributed by atoms with Crippen LogP contribution in [0.3, 0.4) is 0 Å².